The second kappa shape index (κ2) is 12.6. The molecule has 0 spiro atoms. The van der Waals surface area contributed by atoms with Crippen LogP contribution in [0.3, 0.4) is 0 Å². The van der Waals surface area contributed by atoms with Crippen molar-refractivity contribution in [2.24, 2.45) is 11.7 Å². The van der Waals surface area contributed by atoms with Crippen molar-refractivity contribution in [1.29, 1.82) is 0 Å². The number of piperidine rings is 1. The molecule has 3 N–H and O–H groups in total. The number of nitrogens with two attached hydrogens (primary N) is 1. The smallest absolute Gasteiger partial charge is 0.398 e. The molecule has 1 saturated heterocycles. The molecule has 0 unspecified atom stereocenters. The number of alkyl halides is 5. The van der Waals surface area contributed by atoms with Crippen molar-refractivity contribution < 1.29 is 39.9 Å². The highest BCUT2D eigenvalue weighted by molar-refractivity contribution is 7.89. The van der Waals surface area contributed by atoms with E-state index in [2.05, 4.69) is 0 Å². The van der Waals surface area contributed by atoms with Crippen LogP contribution >= 0.6 is 0 Å². The van der Waals surface area contributed by atoms with Crippen LogP contribution in [-0.2, 0) is 26.2 Å². The molecule has 1 heterocycles. The van der Waals surface area contributed by atoms with Crippen LogP contribution in [0.2, 0.25) is 0 Å². The number of sulfonamides is 1. The van der Waals surface area contributed by atoms with Gasteiger partial charge in [-0.25, -0.2) is 8.42 Å². The monoisotopic (exact) mass is 643 g/mol. The molecule has 0 bridgehead atoms. The summed E-state index contributed by atoms with van der Waals surface area (Å²) in [6.45, 7) is 0.623. The van der Waals surface area contributed by atoms with Crippen LogP contribution in [0.4, 0.5) is 22.0 Å². The topological polar surface area (TPSA) is 102 Å². The Morgan fingerprint density at radius 3 is 2.07 bits per heavy atom. The zero-order chi connectivity index (χ0) is 31.8. The third kappa shape index (κ3) is 6.89. The van der Waals surface area contributed by atoms with Crippen LogP contribution in [-0.4, -0.2) is 57.2 Å². The summed E-state index contributed by atoms with van der Waals surface area (Å²) in [6.07, 6.45) is 1.51. The van der Waals surface area contributed by atoms with E-state index in [4.69, 9.17) is 10.5 Å². The standard InChI is InChI=1S/C31H38F5N3O4S/c32-30(33,23-8-6-22(7-9-23)29(16-17-29)31(34,35)36)27(28(40)39-18-14-24(37)15-19-39)38-44(41,42)26-12-10-25(11-13-26)43-20-21-4-2-1-3-5-21/h6-13,21,24,27,38H,1-5,14-20,37H2/t27-/m1/s1. The number of carbonyl (C=O) groups is 1. The molecule has 3 fully saturated rings. The molecular weight excluding hydrogens is 605 g/mol. The van der Waals surface area contributed by atoms with Gasteiger partial charge in [0.25, 0.3) is 5.92 Å². The molecule has 1 amide bonds. The molecule has 13 heteroatoms. The van der Waals surface area contributed by atoms with Crippen LogP contribution < -0.4 is 15.2 Å². The lowest BCUT2D eigenvalue weighted by atomic mass is 9.90. The number of likely N-dealkylation sites (tertiary alicyclic amines) is 1. The van der Waals surface area contributed by atoms with Crippen molar-refractivity contribution in [3.63, 3.8) is 0 Å². The molecule has 242 valence electrons. The van der Waals surface area contributed by atoms with Gasteiger partial charge in [0.2, 0.25) is 15.9 Å². The molecule has 7 nitrogen and oxygen atoms in total. The van der Waals surface area contributed by atoms with Crippen LogP contribution in [0, 0.1) is 5.92 Å². The zero-order valence-electron chi connectivity index (χ0n) is 24.3. The Kier molecular flexibility index (Phi) is 9.31. The fraction of sp³-hybridized carbons (Fsp3) is 0.581. The van der Waals surface area contributed by atoms with Crippen LogP contribution in [0.5, 0.6) is 5.75 Å². The normalized spacial score (nSPS) is 20.7. The Morgan fingerprint density at radius 1 is 0.932 bits per heavy atom. The molecule has 0 aromatic heterocycles. The summed E-state index contributed by atoms with van der Waals surface area (Å²) >= 11 is 0. The summed E-state index contributed by atoms with van der Waals surface area (Å²) in [7, 11) is -4.64. The van der Waals surface area contributed by atoms with E-state index in [0.717, 1.165) is 54.8 Å². The zero-order valence-corrected chi connectivity index (χ0v) is 25.1. The quantitative estimate of drug-likeness (QED) is 0.327. The summed E-state index contributed by atoms with van der Waals surface area (Å²) in [5.41, 5.74) is 2.90. The van der Waals surface area contributed by atoms with Gasteiger partial charge in [0.1, 0.15) is 5.75 Å². The van der Waals surface area contributed by atoms with E-state index >= 15 is 8.78 Å². The van der Waals surface area contributed by atoms with E-state index in [0.29, 0.717) is 31.1 Å². The first-order chi connectivity index (χ1) is 20.7. The number of hydrogen-bond donors (Lipinski definition) is 2. The van der Waals surface area contributed by atoms with Crippen molar-refractivity contribution in [3.05, 3.63) is 59.7 Å². The third-order valence-electron chi connectivity index (χ3n) is 9.19. The summed E-state index contributed by atoms with van der Waals surface area (Å²) < 4.78 is 108. The van der Waals surface area contributed by atoms with Crippen LogP contribution in [0.25, 0.3) is 0 Å². The molecule has 1 atom stereocenters. The fourth-order valence-corrected chi connectivity index (χ4v) is 7.32. The predicted molar refractivity (Wildman–Crippen MR) is 154 cm³/mol. The fourth-order valence-electron chi connectivity index (χ4n) is 6.13. The maximum absolute atomic E-state index is 16.1. The molecule has 2 saturated carbocycles. The Hall–Kier alpha value is -2.77. The maximum atomic E-state index is 16.1. The minimum Gasteiger partial charge on any atom is -0.493 e. The van der Waals surface area contributed by atoms with Gasteiger partial charge in [-0.05, 0) is 74.3 Å². The van der Waals surface area contributed by atoms with Crippen molar-refractivity contribution >= 4 is 15.9 Å². The van der Waals surface area contributed by atoms with Crippen molar-refractivity contribution in [2.75, 3.05) is 19.7 Å². The van der Waals surface area contributed by atoms with Gasteiger partial charge in [-0.2, -0.15) is 26.7 Å². The van der Waals surface area contributed by atoms with Gasteiger partial charge >= 0.3 is 6.18 Å². The highest BCUT2D eigenvalue weighted by Crippen LogP contribution is 2.59. The predicted octanol–water partition coefficient (Wildman–Crippen LogP) is 5.63. The van der Waals surface area contributed by atoms with Crippen LogP contribution in [0.15, 0.2) is 53.4 Å². The van der Waals surface area contributed by atoms with Gasteiger partial charge in [-0.3, -0.25) is 4.79 Å². The molecule has 0 radical (unpaired) electrons. The molecule has 2 aromatic carbocycles. The van der Waals surface area contributed by atoms with Gasteiger partial charge in [0.15, 0.2) is 6.04 Å². The van der Waals surface area contributed by atoms with Crippen molar-refractivity contribution in [1.82, 2.24) is 9.62 Å². The Balaban J connectivity index is 1.37. The number of hydrogen-bond acceptors (Lipinski definition) is 5. The van der Waals surface area contributed by atoms with E-state index in [-0.39, 0.29) is 42.4 Å². The SMILES string of the molecule is NC1CCN(C(=O)[C@@H](NS(=O)(=O)c2ccc(OCC3CCCCC3)cc2)C(F)(F)c2ccc(C3(C(F)(F)F)CC3)cc2)CC1. The lowest BCUT2D eigenvalue weighted by Crippen LogP contribution is -2.58. The summed E-state index contributed by atoms with van der Waals surface area (Å²) in [4.78, 5) is 14.3. The number of ether oxygens (including phenoxy) is 1. The molecule has 2 aliphatic carbocycles. The molecule has 44 heavy (non-hydrogen) atoms. The van der Waals surface area contributed by atoms with E-state index in [1.807, 2.05) is 4.72 Å². The van der Waals surface area contributed by atoms with E-state index < -0.39 is 45.0 Å². The third-order valence-corrected chi connectivity index (χ3v) is 10.6. The van der Waals surface area contributed by atoms with E-state index in [1.54, 1.807) is 0 Å². The molecule has 3 aliphatic rings. The minimum absolute atomic E-state index is 0.0639. The number of halogens is 5. The maximum Gasteiger partial charge on any atom is 0.398 e. The number of amides is 1. The van der Waals surface area contributed by atoms with Crippen molar-refractivity contribution in [3.8, 4) is 5.75 Å². The van der Waals surface area contributed by atoms with Gasteiger partial charge < -0.3 is 15.4 Å². The second-order valence-electron chi connectivity index (χ2n) is 12.3. The van der Waals surface area contributed by atoms with Gasteiger partial charge in [0, 0.05) is 24.7 Å². The lowest BCUT2D eigenvalue weighted by Gasteiger charge is -2.35. The average Bonchev–Trinajstić information content (AvgIpc) is 3.83. The van der Waals surface area contributed by atoms with Gasteiger partial charge in [0.05, 0.1) is 16.9 Å². The first kappa shape index (κ1) is 32.6. The van der Waals surface area contributed by atoms with Crippen LogP contribution in [0.1, 0.15) is 68.9 Å². The highest BCUT2D eigenvalue weighted by atomic mass is 32.2. The molecule has 1 aliphatic heterocycles. The number of carbonyl (C=O) groups excluding carboxylic acids is 1. The molecular formula is C31H38F5N3O4S. The van der Waals surface area contributed by atoms with Crippen molar-refractivity contribution in [2.45, 2.75) is 92.3 Å². The number of nitrogens with one attached hydrogen (secondary N) is 1. The first-order valence-electron chi connectivity index (χ1n) is 15.1. The Morgan fingerprint density at radius 2 is 1.52 bits per heavy atom. The lowest BCUT2D eigenvalue weighted by molar-refractivity contribution is -0.160. The number of rotatable bonds is 10. The minimum atomic E-state index is -4.64. The summed E-state index contributed by atoms with van der Waals surface area (Å²) in [5, 5.41) is 0. The number of nitrogens with zero attached hydrogens (tertiary/aromatic N) is 1. The molecule has 5 rings (SSSR count). The summed E-state index contributed by atoms with van der Waals surface area (Å²) in [5.74, 6) is -4.38. The second-order valence-corrected chi connectivity index (χ2v) is 14.0. The first-order valence-corrected chi connectivity index (χ1v) is 16.6. The Labute approximate surface area is 254 Å². The summed E-state index contributed by atoms with van der Waals surface area (Å²) in [6, 6.07) is 6.17. The Bertz CT molecular complexity index is 1400. The molecule has 2 aromatic rings. The van der Waals surface area contributed by atoms with Gasteiger partial charge in [-0.15, -0.1) is 0 Å². The van der Waals surface area contributed by atoms with E-state index in [1.165, 1.54) is 30.7 Å². The largest absolute Gasteiger partial charge is 0.493 e. The van der Waals surface area contributed by atoms with Gasteiger partial charge in [-0.1, -0.05) is 43.5 Å². The number of benzene rings is 2. The highest BCUT2D eigenvalue weighted by Gasteiger charge is 2.64. The average molecular weight is 644 g/mol. The van der Waals surface area contributed by atoms with E-state index in [9.17, 15) is 26.4 Å².